The van der Waals surface area contributed by atoms with Gasteiger partial charge in [0.05, 0.1) is 27.3 Å². The first-order valence-corrected chi connectivity index (χ1v) is 13.3. The lowest BCUT2D eigenvalue weighted by Gasteiger charge is -2.33. The van der Waals surface area contributed by atoms with Gasteiger partial charge in [0.15, 0.2) is 28.7 Å². The fraction of sp³-hybridized carbons (Fsp3) is 0.321. The van der Waals surface area contributed by atoms with Crippen LogP contribution in [0.15, 0.2) is 48.7 Å². The summed E-state index contributed by atoms with van der Waals surface area (Å²) in [6, 6.07) is 12.7. The molecule has 0 radical (unpaired) electrons. The molecule has 4 rings (SSSR count). The van der Waals surface area contributed by atoms with E-state index in [1.807, 2.05) is 34.9 Å². The second kappa shape index (κ2) is 11.9. The van der Waals surface area contributed by atoms with Crippen LogP contribution in [-0.4, -0.2) is 41.7 Å². The fourth-order valence-corrected chi connectivity index (χ4v) is 5.55. The lowest BCUT2D eigenvalue weighted by atomic mass is 10.1. The van der Waals surface area contributed by atoms with Crippen LogP contribution < -0.4 is 14.0 Å². The lowest BCUT2D eigenvalue weighted by molar-refractivity contribution is -0.118. The molecule has 2 heterocycles. The van der Waals surface area contributed by atoms with E-state index in [4.69, 9.17) is 49.3 Å². The molecule has 200 valence electrons. The largest absolute Gasteiger partial charge is 0.493 e. The molecule has 7 nitrogen and oxygen atoms in total. The number of pyridine rings is 1. The van der Waals surface area contributed by atoms with E-state index in [9.17, 15) is 4.79 Å². The van der Waals surface area contributed by atoms with Gasteiger partial charge in [-0.25, -0.2) is 19.2 Å². The van der Waals surface area contributed by atoms with E-state index < -0.39 is 0 Å². The molecule has 0 saturated heterocycles. The van der Waals surface area contributed by atoms with Crippen LogP contribution in [-0.2, 0) is 17.9 Å². The Morgan fingerprint density at radius 1 is 1.05 bits per heavy atom. The molecule has 2 aromatic carbocycles. The van der Waals surface area contributed by atoms with Crippen LogP contribution in [0.4, 0.5) is 5.69 Å². The van der Waals surface area contributed by atoms with E-state index in [1.54, 1.807) is 25.4 Å². The highest BCUT2D eigenvalue weighted by molar-refractivity contribution is 6.35. The van der Waals surface area contributed by atoms with Crippen LogP contribution in [0.1, 0.15) is 31.7 Å². The summed E-state index contributed by atoms with van der Waals surface area (Å²) in [4.78, 5) is 22.6. The van der Waals surface area contributed by atoms with Gasteiger partial charge >= 0.3 is 6.41 Å². The van der Waals surface area contributed by atoms with Gasteiger partial charge < -0.3 is 14.0 Å². The highest BCUT2D eigenvalue weighted by Gasteiger charge is 2.37. The van der Waals surface area contributed by atoms with Crippen LogP contribution >= 0.6 is 34.8 Å². The van der Waals surface area contributed by atoms with E-state index in [0.717, 1.165) is 23.9 Å². The maximum atomic E-state index is 13.1. The number of ether oxygens (including phenoxy) is 2. The first kappa shape index (κ1) is 28.2. The summed E-state index contributed by atoms with van der Waals surface area (Å²) in [6.45, 7) is 5.42. The van der Waals surface area contributed by atoms with Gasteiger partial charge in [-0.05, 0) is 54.3 Å². The lowest BCUT2D eigenvalue weighted by Crippen LogP contribution is -2.49. The molecule has 0 fully saturated rings. The number of amides is 1. The van der Waals surface area contributed by atoms with Gasteiger partial charge in [0.2, 0.25) is 0 Å². The van der Waals surface area contributed by atoms with E-state index in [1.165, 1.54) is 7.11 Å². The highest BCUT2D eigenvalue weighted by Crippen LogP contribution is 2.44. The Hall–Kier alpha value is -2.84. The number of hydrogen-bond acceptors (Lipinski definition) is 5. The Labute approximate surface area is 237 Å². The highest BCUT2D eigenvalue weighted by atomic mass is 35.5. The number of aromatic nitrogens is 3. The number of carbonyl (C=O) groups excluding carboxylic acids is 1. The van der Waals surface area contributed by atoms with Crippen LogP contribution in [0.2, 0.25) is 15.1 Å². The molecule has 0 N–H and O–H groups in total. The molecule has 4 aromatic rings. The molecule has 1 unspecified atom stereocenters. The summed E-state index contributed by atoms with van der Waals surface area (Å²) >= 11 is 19.4. The molecular formula is C28H30Cl3N4O3+. The van der Waals surface area contributed by atoms with Crippen LogP contribution in [0.25, 0.3) is 11.2 Å². The first-order valence-electron chi connectivity index (χ1n) is 12.2. The summed E-state index contributed by atoms with van der Waals surface area (Å²) < 4.78 is 12.9. The number of quaternary nitrogens is 1. The normalized spacial score (nSPS) is 13.1. The Morgan fingerprint density at radius 3 is 2.42 bits per heavy atom. The topological polar surface area (TPSA) is 66.2 Å². The van der Waals surface area contributed by atoms with Gasteiger partial charge in [-0.3, -0.25) is 0 Å². The van der Waals surface area contributed by atoms with Crippen LogP contribution in [0.5, 0.6) is 11.5 Å². The van der Waals surface area contributed by atoms with Crippen LogP contribution in [0.3, 0.4) is 0 Å². The SMILES string of the molecule is COc1ccc([N+](C=O)(CCC(C)C)Cc2nc3cccnc3n2Cc2cc(Cl)cc(Cl)c2)c(Cl)c1OC. The third-order valence-electron chi connectivity index (χ3n) is 6.52. The summed E-state index contributed by atoms with van der Waals surface area (Å²) in [5, 5.41) is 1.40. The zero-order valence-electron chi connectivity index (χ0n) is 21.7. The second-order valence-electron chi connectivity index (χ2n) is 9.58. The number of fused-ring (bicyclic) bond motifs is 1. The monoisotopic (exact) mass is 575 g/mol. The van der Waals surface area contributed by atoms with E-state index in [-0.39, 0.29) is 11.0 Å². The Balaban J connectivity index is 1.89. The van der Waals surface area contributed by atoms with E-state index >= 15 is 0 Å². The number of benzene rings is 2. The van der Waals surface area contributed by atoms with Gasteiger partial charge in [0.25, 0.3) is 0 Å². The number of nitrogens with zero attached hydrogens (tertiary/aromatic N) is 4. The van der Waals surface area contributed by atoms with Crippen molar-refractivity contribution < 1.29 is 14.3 Å². The third-order valence-corrected chi connectivity index (χ3v) is 7.32. The standard InChI is InChI=1S/C28H30Cl3N4O3/c1-18(2)9-11-35(17-36,23-7-8-24(37-3)27(38-4)26(23)31)16-25-33-22-6-5-10-32-28(22)34(25)15-19-12-20(29)14-21(30)13-19/h5-8,10,12-14,17-18H,9,11,15-16H2,1-4H3/q+1. The minimum absolute atomic E-state index is 0.0863. The maximum absolute atomic E-state index is 13.1. The molecule has 0 bridgehead atoms. The molecule has 1 amide bonds. The molecule has 0 aliphatic rings. The first-order chi connectivity index (χ1) is 18.2. The van der Waals surface area contributed by atoms with Crippen molar-refractivity contribution in [3.63, 3.8) is 0 Å². The van der Waals surface area contributed by atoms with Crippen molar-refractivity contribution in [2.24, 2.45) is 5.92 Å². The zero-order valence-corrected chi connectivity index (χ0v) is 24.0. The summed E-state index contributed by atoms with van der Waals surface area (Å²) in [5.41, 5.74) is 2.92. The fourth-order valence-electron chi connectivity index (χ4n) is 4.57. The molecule has 10 heteroatoms. The Morgan fingerprint density at radius 2 is 1.79 bits per heavy atom. The summed E-state index contributed by atoms with van der Waals surface area (Å²) in [6.07, 6.45) is 3.44. The van der Waals surface area contributed by atoms with Crippen molar-refractivity contribution >= 4 is 58.1 Å². The van der Waals surface area contributed by atoms with Gasteiger partial charge in [-0.15, -0.1) is 0 Å². The number of hydrogen-bond donors (Lipinski definition) is 0. The van der Waals surface area contributed by atoms with Crippen molar-refractivity contribution in [3.8, 4) is 11.5 Å². The second-order valence-corrected chi connectivity index (χ2v) is 10.8. The van der Waals surface area contributed by atoms with Gasteiger partial charge in [-0.2, -0.15) is 0 Å². The Bertz CT molecular complexity index is 1440. The molecule has 38 heavy (non-hydrogen) atoms. The van der Waals surface area contributed by atoms with Gasteiger partial charge in [-0.1, -0.05) is 48.7 Å². The molecule has 2 aromatic heterocycles. The van der Waals surface area contributed by atoms with Gasteiger partial charge in [0, 0.05) is 22.3 Å². The van der Waals surface area contributed by atoms with Crippen molar-refractivity contribution in [1.29, 1.82) is 0 Å². The third kappa shape index (κ3) is 5.76. The smallest absolute Gasteiger partial charge is 0.306 e. The average Bonchev–Trinajstić information content (AvgIpc) is 3.22. The maximum Gasteiger partial charge on any atom is 0.306 e. The molecule has 0 spiro atoms. The minimum atomic E-state index is -0.0863. The summed E-state index contributed by atoms with van der Waals surface area (Å²) in [5.74, 6) is 1.91. The molecule has 1 atom stereocenters. The van der Waals surface area contributed by atoms with Crippen molar-refractivity contribution in [2.45, 2.75) is 33.4 Å². The number of imidazole rings is 1. The Kier molecular flexibility index (Phi) is 8.83. The van der Waals surface area contributed by atoms with E-state index in [2.05, 4.69) is 18.8 Å². The van der Waals surface area contributed by atoms with Crippen molar-refractivity contribution in [1.82, 2.24) is 19.0 Å². The molecule has 0 saturated carbocycles. The minimum Gasteiger partial charge on any atom is -0.493 e. The predicted molar refractivity (Wildman–Crippen MR) is 154 cm³/mol. The number of carbonyl (C=O) groups is 1. The van der Waals surface area contributed by atoms with E-state index in [0.29, 0.717) is 62.7 Å². The molecule has 0 aliphatic carbocycles. The molecular weight excluding hydrogens is 547 g/mol. The number of rotatable bonds is 11. The average molecular weight is 577 g/mol. The van der Waals surface area contributed by atoms with Crippen molar-refractivity contribution in [2.75, 3.05) is 20.8 Å². The zero-order chi connectivity index (χ0) is 27.4. The quantitative estimate of drug-likeness (QED) is 0.140. The predicted octanol–water partition coefficient (Wildman–Crippen LogP) is 7.17. The molecule has 0 aliphatic heterocycles. The number of methoxy groups -OCH3 is 2. The number of halogens is 3. The van der Waals surface area contributed by atoms with Gasteiger partial charge in [0.1, 0.15) is 17.1 Å². The van der Waals surface area contributed by atoms with Crippen molar-refractivity contribution in [3.05, 3.63) is 75.1 Å². The summed E-state index contributed by atoms with van der Waals surface area (Å²) in [7, 11) is 3.07. The van der Waals surface area contributed by atoms with Crippen LogP contribution in [0, 0.1) is 5.92 Å².